The van der Waals surface area contributed by atoms with Gasteiger partial charge >= 0.3 is 0 Å². The molecule has 0 fully saturated rings. The lowest BCUT2D eigenvalue weighted by molar-refractivity contribution is 0.521. The summed E-state index contributed by atoms with van der Waals surface area (Å²) in [5, 5.41) is 16.6. The summed E-state index contributed by atoms with van der Waals surface area (Å²) in [4.78, 5) is 7.79. The van der Waals surface area contributed by atoms with Crippen LogP contribution in [-0.4, -0.2) is 34.7 Å². The summed E-state index contributed by atoms with van der Waals surface area (Å²) in [5.74, 6) is -1.98. The zero-order chi connectivity index (χ0) is 26.0. The number of anilines is 2. The number of halogens is 2. The van der Waals surface area contributed by atoms with Gasteiger partial charge in [0.2, 0.25) is 5.95 Å². The van der Waals surface area contributed by atoms with E-state index in [9.17, 15) is 17.2 Å². The van der Waals surface area contributed by atoms with E-state index in [0.717, 1.165) is 48.8 Å². The van der Waals surface area contributed by atoms with E-state index in [1.165, 1.54) is 6.07 Å². The van der Waals surface area contributed by atoms with Gasteiger partial charge in [-0.1, -0.05) is 18.2 Å². The largest absolute Gasteiger partial charge is 0.353 e. The van der Waals surface area contributed by atoms with E-state index in [0.29, 0.717) is 35.9 Å². The fourth-order valence-electron chi connectivity index (χ4n) is 4.29. The Morgan fingerprint density at radius 3 is 2.68 bits per heavy atom. The van der Waals surface area contributed by atoms with Gasteiger partial charge in [-0.25, -0.2) is 27.2 Å². The van der Waals surface area contributed by atoms with Gasteiger partial charge < -0.3 is 5.32 Å². The average Bonchev–Trinajstić information content (AvgIpc) is 3.45. The van der Waals surface area contributed by atoms with Crippen LogP contribution in [0, 0.1) is 23.0 Å². The highest BCUT2D eigenvalue weighted by atomic mass is 32.2. The maximum Gasteiger partial charge on any atom is 0.267 e. The highest BCUT2D eigenvalue weighted by Gasteiger charge is 2.27. The van der Waals surface area contributed by atoms with Crippen molar-refractivity contribution >= 4 is 21.7 Å². The van der Waals surface area contributed by atoms with Crippen LogP contribution in [0.3, 0.4) is 0 Å². The minimum absolute atomic E-state index is 0.126. The van der Waals surface area contributed by atoms with Gasteiger partial charge in [-0.15, -0.1) is 0 Å². The molecule has 1 aliphatic heterocycles. The Kier molecular flexibility index (Phi) is 6.54. The lowest BCUT2D eigenvalue weighted by Gasteiger charge is -2.11. The third kappa shape index (κ3) is 4.85. The number of fused-ring (bicyclic) bond motifs is 1. The second-order valence-corrected chi connectivity index (χ2v) is 9.95. The molecule has 2 aromatic heterocycles. The maximum absolute atomic E-state index is 14.2. The summed E-state index contributed by atoms with van der Waals surface area (Å²) >= 11 is 0. The zero-order valence-corrected chi connectivity index (χ0v) is 20.3. The van der Waals surface area contributed by atoms with Gasteiger partial charge in [0.15, 0.2) is 4.90 Å². The van der Waals surface area contributed by atoms with Crippen LogP contribution in [0.4, 0.5) is 20.4 Å². The van der Waals surface area contributed by atoms with Crippen molar-refractivity contribution in [1.82, 2.24) is 19.7 Å². The van der Waals surface area contributed by atoms with Gasteiger partial charge in [0.1, 0.15) is 17.3 Å². The fourth-order valence-corrected chi connectivity index (χ4v) is 5.48. The van der Waals surface area contributed by atoms with Crippen molar-refractivity contribution in [2.24, 2.45) is 0 Å². The predicted molar refractivity (Wildman–Crippen MR) is 133 cm³/mol. The minimum Gasteiger partial charge on any atom is -0.353 e. The van der Waals surface area contributed by atoms with Gasteiger partial charge in [-0.2, -0.15) is 10.4 Å². The van der Waals surface area contributed by atoms with Gasteiger partial charge in [0, 0.05) is 41.8 Å². The van der Waals surface area contributed by atoms with Crippen molar-refractivity contribution < 1.29 is 17.2 Å². The van der Waals surface area contributed by atoms with Crippen LogP contribution >= 0.6 is 0 Å². The van der Waals surface area contributed by atoms with Crippen molar-refractivity contribution in [2.45, 2.75) is 30.7 Å². The average molecular weight is 522 g/mol. The Balaban J connectivity index is 1.53. The standard InChI is InChI=1S/C25H21F2N7O2S/c26-18-7-2-8-19(27)24(18)37(35,36)33-17-6-1-5-16(15-17)23-22(21-9-3-14-34(21)32-23)20-10-13-30-25(31-20)29-12-4-11-28/h1-2,5-8,10,13,15,33H,3-4,9,12,14H2,(H,29,30,31). The summed E-state index contributed by atoms with van der Waals surface area (Å²) in [6.07, 6.45) is 3.65. The first-order valence-electron chi connectivity index (χ1n) is 11.5. The number of nitrogens with zero attached hydrogens (tertiary/aromatic N) is 5. The molecule has 188 valence electrons. The summed E-state index contributed by atoms with van der Waals surface area (Å²) in [6.45, 7) is 1.14. The number of rotatable bonds is 8. The van der Waals surface area contributed by atoms with Crippen LogP contribution in [0.15, 0.2) is 59.6 Å². The Bertz CT molecular complexity index is 1610. The lowest BCUT2D eigenvalue weighted by atomic mass is 10.0. The molecule has 4 aromatic rings. The van der Waals surface area contributed by atoms with E-state index in [1.54, 1.807) is 30.5 Å². The Morgan fingerprint density at radius 1 is 1.11 bits per heavy atom. The Hall–Kier alpha value is -4.37. The van der Waals surface area contributed by atoms with Crippen LogP contribution in [0.2, 0.25) is 0 Å². The molecule has 0 radical (unpaired) electrons. The molecule has 0 saturated carbocycles. The summed E-state index contributed by atoms with van der Waals surface area (Å²) in [7, 11) is -4.53. The molecular formula is C25H21F2N7O2S. The van der Waals surface area contributed by atoms with E-state index in [1.807, 2.05) is 4.68 Å². The molecule has 37 heavy (non-hydrogen) atoms. The topological polar surface area (TPSA) is 126 Å². The molecule has 0 saturated heterocycles. The van der Waals surface area contributed by atoms with Crippen molar-refractivity contribution in [3.8, 4) is 28.6 Å². The first-order valence-corrected chi connectivity index (χ1v) is 13.0. The summed E-state index contributed by atoms with van der Waals surface area (Å²) < 4.78 is 58.0. The van der Waals surface area contributed by atoms with Crippen LogP contribution < -0.4 is 10.0 Å². The van der Waals surface area contributed by atoms with Gasteiger partial charge in [-0.3, -0.25) is 9.40 Å². The number of aromatic nitrogens is 4. The van der Waals surface area contributed by atoms with Crippen LogP contribution in [0.1, 0.15) is 18.5 Å². The number of sulfonamides is 1. The molecule has 2 aromatic carbocycles. The molecule has 0 unspecified atom stereocenters. The number of nitriles is 1. The molecule has 9 nitrogen and oxygen atoms in total. The van der Waals surface area contributed by atoms with Crippen LogP contribution in [-0.2, 0) is 23.0 Å². The molecule has 2 N–H and O–H groups in total. The Labute approximate surface area is 211 Å². The molecule has 0 atom stereocenters. The van der Waals surface area contributed by atoms with E-state index in [2.05, 4.69) is 26.1 Å². The molecular weight excluding hydrogens is 500 g/mol. The highest BCUT2D eigenvalue weighted by Crippen LogP contribution is 2.37. The third-order valence-electron chi connectivity index (χ3n) is 5.85. The van der Waals surface area contributed by atoms with Gasteiger partial charge in [0.25, 0.3) is 10.0 Å². The summed E-state index contributed by atoms with van der Waals surface area (Å²) in [6, 6.07) is 13.2. The number of nitrogens with one attached hydrogen (secondary N) is 2. The van der Waals surface area contributed by atoms with E-state index in [4.69, 9.17) is 10.4 Å². The smallest absolute Gasteiger partial charge is 0.267 e. The first kappa shape index (κ1) is 24.3. The van der Waals surface area contributed by atoms with Gasteiger partial charge in [-0.05, 0) is 43.2 Å². The molecule has 5 rings (SSSR count). The molecule has 0 spiro atoms. The monoisotopic (exact) mass is 521 g/mol. The number of hydrogen-bond acceptors (Lipinski definition) is 7. The summed E-state index contributed by atoms with van der Waals surface area (Å²) in [5.41, 5.74) is 3.74. The second-order valence-electron chi connectivity index (χ2n) is 8.33. The van der Waals surface area contributed by atoms with Gasteiger partial charge in [0.05, 0.1) is 18.2 Å². The predicted octanol–water partition coefficient (Wildman–Crippen LogP) is 4.36. The number of aryl methyl sites for hydroxylation is 1. The fraction of sp³-hybridized carbons (Fsp3) is 0.200. The Morgan fingerprint density at radius 2 is 1.89 bits per heavy atom. The van der Waals surface area contributed by atoms with Crippen LogP contribution in [0.25, 0.3) is 22.5 Å². The lowest BCUT2D eigenvalue weighted by Crippen LogP contribution is -2.16. The molecule has 1 aliphatic rings. The normalized spacial score (nSPS) is 12.7. The van der Waals surface area contributed by atoms with E-state index >= 15 is 0 Å². The van der Waals surface area contributed by atoms with E-state index in [-0.39, 0.29) is 5.69 Å². The second kappa shape index (κ2) is 9.94. The zero-order valence-electron chi connectivity index (χ0n) is 19.4. The molecule has 0 aliphatic carbocycles. The third-order valence-corrected chi connectivity index (χ3v) is 7.28. The van der Waals surface area contributed by atoms with Crippen molar-refractivity contribution in [3.05, 3.63) is 72.1 Å². The molecule has 0 amide bonds. The quantitative estimate of drug-likeness (QED) is 0.330. The van der Waals surface area contributed by atoms with E-state index < -0.39 is 26.6 Å². The first-order chi connectivity index (χ1) is 17.9. The highest BCUT2D eigenvalue weighted by molar-refractivity contribution is 7.92. The van der Waals surface area contributed by atoms with Crippen molar-refractivity contribution in [3.63, 3.8) is 0 Å². The number of benzene rings is 2. The number of hydrogen-bond donors (Lipinski definition) is 2. The molecule has 0 bridgehead atoms. The van der Waals surface area contributed by atoms with Crippen LogP contribution in [0.5, 0.6) is 0 Å². The van der Waals surface area contributed by atoms with Crippen molar-refractivity contribution in [2.75, 3.05) is 16.6 Å². The maximum atomic E-state index is 14.2. The van der Waals surface area contributed by atoms with Crippen molar-refractivity contribution in [1.29, 1.82) is 5.26 Å². The minimum atomic E-state index is -4.53. The SMILES string of the molecule is N#CCCNc1nccc(-c2c(-c3cccc(NS(=O)(=O)c4c(F)cccc4F)c3)nn3c2CCC3)n1. The molecule has 3 heterocycles. The molecule has 12 heteroatoms.